The third-order valence-corrected chi connectivity index (χ3v) is 8.37. The fraction of sp³-hybridized carbons (Fsp3) is 0.161. The van der Waals surface area contributed by atoms with Crippen molar-refractivity contribution in [1.29, 1.82) is 0 Å². The molecule has 5 aromatic rings. The van der Waals surface area contributed by atoms with Crippen LogP contribution in [0.3, 0.4) is 0 Å². The van der Waals surface area contributed by atoms with Crippen LogP contribution in [0.4, 0.5) is 0 Å². The van der Waals surface area contributed by atoms with E-state index in [1.165, 1.54) is 11.2 Å². The first kappa shape index (κ1) is 25.2. The number of fused-ring (bicyclic) bond motifs is 1. The minimum absolute atomic E-state index is 0.104. The number of hydrogen-bond acceptors (Lipinski definition) is 5. The summed E-state index contributed by atoms with van der Waals surface area (Å²) in [7, 11) is -3.11. The van der Waals surface area contributed by atoms with E-state index in [1.807, 2.05) is 31.5 Å². The Morgan fingerprint density at radius 3 is 2.30 bits per heavy atom. The zero-order chi connectivity index (χ0) is 26.0. The molecule has 0 fully saturated rings. The van der Waals surface area contributed by atoms with Gasteiger partial charge in [-0.2, -0.15) is 0 Å². The molecule has 37 heavy (non-hydrogen) atoms. The Labute approximate surface area is 222 Å². The number of pyridine rings is 2. The Balaban J connectivity index is 1.64. The third kappa shape index (κ3) is 5.60. The van der Waals surface area contributed by atoms with E-state index in [0.29, 0.717) is 0 Å². The minimum atomic E-state index is -3.11. The Bertz CT molecular complexity index is 1700. The summed E-state index contributed by atoms with van der Waals surface area (Å²) in [6, 6.07) is 27.1. The van der Waals surface area contributed by atoms with Crippen LogP contribution in [0.15, 0.2) is 102 Å². The average Bonchev–Trinajstić information content (AvgIpc) is 2.91. The summed E-state index contributed by atoms with van der Waals surface area (Å²) in [5.41, 5.74) is 8.30. The summed E-state index contributed by atoms with van der Waals surface area (Å²) >= 11 is 1.73. The molecule has 6 heteroatoms. The SMILES string of the molecule is CSc1cccc(-c2ccncc2-c2cccc(-c3cc(C(C)CS(C)(=O)=O)cc4cccnc34)c2)c1. The molecule has 0 saturated carbocycles. The van der Waals surface area contributed by atoms with Crippen LogP contribution < -0.4 is 0 Å². The number of thioether (sulfide) groups is 1. The molecule has 3 aromatic carbocycles. The van der Waals surface area contributed by atoms with Gasteiger partial charge < -0.3 is 0 Å². The first-order valence-electron chi connectivity index (χ1n) is 12.1. The van der Waals surface area contributed by atoms with Crippen LogP contribution in [0, 0.1) is 0 Å². The van der Waals surface area contributed by atoms with E-state index in [4.69, 9.17) is 0 Å². The third-order valence-electron chi connectivity index (χ3n) is 6.54. The summed E-state index contributed by atoms with van der Waals surface area (Å²) in [6.45, 7) is 1.96. The van der Waals surface area contributed by atoms with Crippen molar-refractivity contribution in [2.75, 3.05) is 18.3 Å². The molecule has 186 valence electrons. The molecule has 0 N–H and O–H groups in total. The molecular weight excluding hydrogens is 496 g/mol. The van der Waals surface area contributed by atoms with Crippen molar-refractivity contribution >= 4 is 32.5 Å². The van der Waals surface area contributed by atoms with E-state index in [1.54, 1.807) is 18.0 Å². The Morgan fingerprint density at radius 2 is 1.54 bits per heavy atom. The quantitative estimate of drug-likeness (QED) is 0.206. The number of hydrogen-bond donors (Lipinski definition) is 0. The van der Waals surface area contributed by atoms with Gasteiger partial charge in [-0.3, -0.25) is 9.97 Å². The topological polar surface area (TPSA) is 59.9 Å². The van der Waals surface area contributed by atoms with Gasteiger partial charge in [0.15, 0.2) is 0 Å². The van der Waals surface area contributed by atoms with E-state index in [0.717, 1.165) is 49.8 Å². The lowest BCUT2D eigenvalue weighted by Crippen LogP contribution is -2.10. The molecule has 1 unspecified atom stereocenters. The van der Waals surface area contributed by atoms with Crippen LogP contribution in [0.2, 0.25) is 0 Å². The van der Waals surface area contributed by atoms with Crippen LogP contribution in [0.25, 0.3) is 44.3 Å². The van der Waals surface area contributed by atoms with Crippen molar-refractivity contribution in [3.8, 4) is 33.4 Å². The van der Waals surface area contributed by atoms with E-state index in [9.17, 15) is 8.42 Å². The molecule has 0 aliphatic heterocycles. The van der Waals surface area contributed by atoms with Gasteiger partial charge in [0.2, 0.25) is 0 Å². The maximum absolute atomic E-state index is 12.0. The smallest absolute Gasteiger partial charge is 0.148 e. The fourth-order valence-corrected chi connectivity index (χ4v) is 6.35. The zero-order valence-electron chi connectivity index (χ0n) is 21.0. The lowest BCUT2D eigenvalue weighted by Gasteiger charge is -2.16. The van der Waals surface area contributed by atoms with E-state index >= 15 is 0 Å². The zero-order valence-corrected chi connectivity index (χ0v) is 22.7. The van der Waals surface area contributed by atoms with Crippen LogP contribution in [-0.2, 0) is 9.84 Å². The first-order valence-corrected chi connectivity index (χ1v) is 15.4. The summed E-state index contributed by atoms with van der Waals surface area (Å²) < 4.78 is 24.0. The van der Waals surface area contributed by atoms with Crippen molar-refractivity contribution in [2.45, 2.75) is 17.7 Å². The molecule has 5 rings (SSSR count). The molecule has 0 spiro atoms. The number of nitrogens with zero attached hydrogens (tertiary/aromatic N) is 2. The standard InChI is InChI=1S/C31H28N2O2S2/c1-21(20-37(3,34)35)26-16-25-10-6-13-33-31(25)29(18-26)22-7-4-8-23(15-22)30-19-32-14-12-28(30)24-9-5-11-27(17-24)36-2/h4-19,21H,20H2,1-3H3. The number of aromatic nitrogens is 2. The van der Waals surface area contributed by atoms with Crippen molar-refractivity contribution in [3.63, 3.8) is 0 Å². The van der Waals surface area contributed by atoms with Crippen LogP contribution in [-0.4, -0.2) is 36.7 Å². The summed E-state index contributed by atoms with van der Waals surface area (Å²) in [6.07, 6.45) is 8.92. The molecule has 0 amide bonds. The number of benzene rings is 3. The molecule has 0 bridgehead atoms. The Kier molecular flexibility index (Phi) is 7.13. The molecule has 1 atom stereocenters. The first-order chi connectivity index (χ1) is 17.8. The molecule has 4 nitrogen and oxygen atoms in total. The second-order valence-electron chi connectivity index (χ2n) is 9.37. The van der Waals surface area contributed by atoms with Gasteiger partial charge in [-0.05, 0) is 82.5 Å². The predicted molar refractivity (Wildman–Crippen MR) is 156 cm³/mol. The normalized spacial score (nSPS) is 12.5. The van der Waals surface area contributed by atoms with Gasteiger partial charge in [-0.1, -0.05) is 43.3 Å². The van der Waals surface area contributed by atoms with E-state index in [2.05, 4.69) is 83.0 Å². The van der Waals surface area contributed by atoms with Gasteiger partial charge in [0.1, 0.15) is 9.84 Å². The average molecular weight is 525 g/mol. The van der Waals surface area contributed by atoms with Crippen molar-refractivity contribution in [3.05, 3.63) is 103 Å². The van der Waals surface area contributed by atoms with Crippen LogP contribution in [0.1, 0.15) is 18.4 Å². The highest BCUT2D eigenvalue weighted by molar-refractivity contribution is 7.98. The van der Waals surface area contributed by atoms with Crippen molar-refractivity contribution in [1.82, 2.24) is 9.97 Å². The van der Waals surface area contributed by atoms with Crippen LogP contribution >= 0.6 is 11.8 Å². The largest absolute Gasteiger partial charge is 0.264 e. The predicted octanol–water partition coefficient (Wildman–Crippen LogP) is 7.50. The maximum Gasteiger partial charge on any atom is 0.148 e. The molecule has 2 heterocycles. The van der Waals surface area contributed by atoms with Gasteiger partial charge in [-0.25, -0.2) is 8.42 Å². The lowest BCUT2D eigenvalue weighted by molar-refractivity contribution is 0.596. The number of sulfone groups is 1. The molecule has 0 radical (unpaired) electrons. The number of rotatable bonds is 7. The van der Waals surface area contributed by atoms with E-state index < -0.39 is 9.84 Å². The molecular formula is C31H28N2O2S2. The van der Waals surface area contributed by atoms with Gasteiger partial charge in [-0.15, -0.1) is 11.8 Å². The highest BCUT2D eigenvalue weighted by Gasteiger charge is 2.17. The maximum atomic E-state index is 12.0. The molecule has 0 aliphatic rings. The Morgan fingerprint density at radius 1 is 0.811 bits per heavy atom. The summed E-state index contributed by atoms with van der Waals surface area (Å²) in [4.78, 5) is 10.3. The molecule has 2 aromatic heterocycles. The molecule has 0 saturated heterocycles. The highest BCUT2D eigenvalue weighted by Crippen LogP contribution is 2.37. The minimum Gasteiger partial charge on any atom is -0.264 e. The Hall–Kier alpha value is -3.48. The van der Waals surface area contributed by atoms with Gasteiger partial charge in [0.05, 0.1) is 11.3 Å². The van der Waals surface area contributed by atoms with E-state index in [-0.39, 0.29) is 11.7 Å². The summed E-state index contributed by atoms with van der Waals surface area (Å²) in [5, 5.41) is 0.997. The van der Waals surface area contributed by atoms with Gasteiger partial charge in [0.25, 0.3) is 0 Å². The molecule has 0 aliphatic carbocycles. The fourth-order valence-electron chi connectivity index (χ4n) is 4.79. The second-order valence-corrected chi connectivity index (χ2v) is 12.4. The second kappa shape index (κ2) is 10.5. The monoisotopic (exact) mass is 524 g/mol. The van der Waals surface area contributed by atoms with Crippen molar-refractivity contribution < 1.29 is 8.42 Å². The van der Waals surface area contributed by atoms with Crippen LogP contribution in [0.5, 0.6) is 0 Å². The lowest BCUT2D eigenvalue weighted by atomic mass is 9.91. The van der Waals surface area contributed by atoms with Gasteiger partial charge in [0, 0.05) is 46.3 Å². The van der Waals surface area contributed by atoms with Gasteiger partial charge >= 0.3 is 0 Å². The summed E-state index contributed by atoms with van der Waals surface area (Å²) in [5.74, 6) is -0.0259. The van der Waals surface area contributed by atoms with Crippen molar-refractivity contribution in [2.24, 2.45) is 0 Å². The highest BCUT2D eigenvalue weighted by atomic mass is 32.2.